The summed E-state index contributed by atoms with van der Waals surface area (Å²) in [5.41, 5.74) is 19.5. The third-order valence-corrected chi connectivity index (χ3v) is 14.4. The summed E-state index contributed by atoms with van der Waals surface area (Å²) in [4.78, 5) is 139. The van der Waals surface area contributed by atoms with Crippen molar-refractivity contribution in [2.24, 2.45) is 22.2 Å². The van der Waals surface area contributed by atoms with E-state index < -0.39 is 101 Å². The minimum absolute atomic E-state index is 0.0459. The van der Waals surface area contributed by atoms with Gasteiger partial charge in [-0.1, -0.05) is 89.9 Å². The number of nitrogens with zero attached hydrogens (tertiary/aromatic N) is 2. The van der Waals surface area contributed by atoms with Gasteiger partial charge in [-0.25, -0.2) is 4.98 Å². The standard InChI is InChI=1S/C49H67N15O9S2/c1-4-5-15-34(58-28(3)65)43(68)64-40-25-75-74-24-39(41(50)66)63-46(71)37(20-30-22-55-33-16-10-9-14-32(30)33)62-44(69)35(17-11-18-54-49(51)52)59-45(70)36(19-29-12-7-6-8-13-29)61-47(72)38(21-31-23-53-26-56-31)60-42(67)27(2)57-48(40)73/h6-10,12-14,16,22-23,26-27,34-40,55H,4-5,11,15,17-21,24-25H2,1-3H3,(H2,50,66)(H,53,56)(H,57,73)(H,58,65)(H,59,70)(H,60,67)(H,61,72)(H,62,69)(H,63,71)(H,64,68)(H4,51,52,54)/t27-,34+,35+,36-,37+,38+,39+,40-/m1/s1. The lowest BCUT2D eigenvalue weighted by atomic mass is 10.0. The van der Waals surface area contributed by atoms with Gasteiger partial charge in [-0.3, -0.25) is 48.1 Å². The van der Waals surface area contributed by atoms with Crippen molar-refractivity contribution in [1.82, 2.24) is 57.5 Å². The summed E-state index contributed by atoms with van der Waals surface area (Å²) >= 11 is 0. The third kappa shape index (κ3) is 18.7. The van der Waals surface area contributed by atoms with E-state index in [9.17, 15) is 43.2 Å². The first-order chi connectivity index (χ1) is 35.9. The number of hydrogen-bond acceptors (Lipinski definition) is 13. The fourth-order valence-corrected chi connectivity index (χ4v) is 10.3. The molecule has 404 valence electrons. The Morgan fingerprint density at radius 3 is 2.03 bits per heavy atom. The molecule has 16 N–H and O–H groups in total. The van der Waals surface area contributed by atoms with E-state index in [0.717, 1.165) is 32.5 Å². The van der Waals surface area contributed by atoms with Gasteiger partial charge in [-0.15, -0.1) is 0 Å². The number of nitrogens with two attached hydrogens (primary N) is 3. The van der Waals surface area contributed by atoms with Crippen LogP contribution in [0.1, 0.15) is 69.7 Å². The second-order valence-corrected chi connectivity index (χ2v) is 20.5. The van der Waals surface area contributed by atoms with E-state index in [2.05, 4.69) is 62.5 Å². The second kappa shape index (κ2) is 29.3. The summed E-state index contributed by atoms with van der Waals surface area (Å²) in [6.07, 6.45) is 5.89. The fourth-order valence-electron chi connectivity index (χ4n) is 7.96. The zero-order valence-corrected chi connectivity index (χ0v) is 43.6. The molecule has 3 heterocycles. The van der Waals surface area contributed by atoms with E-state index >= 15 is 0 Å². The van der Waals surface area contributed by atoms with E-state index in [-0.39, 0.29) is 62.5 Å². The molecule has 75 heavy (non-hydrogen) atoms. The molecule has 1 saturated heterocycles. The number of hydrogen-bond donors (Lipinski definition) is 13. The van der Waals surface area contributed by atoms with Crippen LogP contribution in [0.5, 0.6) is 0 Å². The SMILES string of the molecule is CCCC[C@H](NC(C)=O)C(=O)N[C@@H]1CSSC[C@@H](C(N)=O)NC(=O)[C@H](Cc2c[nH]c3ccccc23)NC(=O)[C@H](CCCN=C(N)N)NC(=O)[C@@H](Cc2ccccc2)NC(=O)[C@H](Cc2cnc[nH]2)NC(=O)[C@@H](C)NC1=O. The maximum atomic E-state index is 14.6. The summed E-state index contributed by atoms with van der Waals surface area (Å²) < 4.78 is 0. The Hall–Kier alpha value is -7.61. The van der Waals surface area contributed by atoms with Crippen molar-refractivity contribution in [3.05, 3.63) is 90.1 Å². The van der Waals surface area contributed by atoms with Crippen molar-refractivity contribution in [2.75, 3.05) is 18.1 Å². The molecule has 8 atom stereocenters. The predicted molar refractivity (Wildman–Crippen MR) is 285 cm³/mol. The molecule has 1 aliphatic rings. The third-order valence-electron chi connectivity index (χ3n) is 12.0. The van der Waals surface area contributed by atoms with Gasteiger partial charge in [0.25, 0.3) is 0 Å². The Kier molecular flexibility index (Phi) is 22.8. The Labute approximate surface area is 441 Å². The molecular weight excluding hydrogens is 1010 g/mol. The maximum Gasteiger partial charge on any atom is 0.244 e. The zero-order chi connectivity index (χ0) is 54.4. The molecule has 9 amide bonds. The highest BCUT2D eigenvalue weighted by atomic mass is 33.1. The first-order valence-corrected chi connectivity index (χ1v) is 27.0. The number of imidazole rings is 1. The largest absolute Gasteiger partial charge is 0.370 e. The van der Waals surface area contributed by atoms with Crippen molar-refractivity contribution in [2.45, 2.75) is 120 Å². The van der Waals surface area contributed by atoms with E-state index in [0.29, 0.717) is 29.7 Å². The molecule has 1 aliphatic heterocycles. The van der Waals surface area contributed by atoms with Crippen LogP contribution in [0, 0.1) is 0 Å². The number of primary amides is 1. The molecule has 0 unspecified atom stereocenters. The molecule has 2 aromatic carbocycles. The second-order valence-electron chi connectivity index (χ2n) is 17.9. The highest BCUT2D eigenvalue weighted by Gasteiger charge is 2.35. The van der Waals surface area contributed by atoms with E-state index in [1.807, 2.05) is 31.2 Å². The first kappa shape index (κ1) is 58.3. The monoisotopic (exact) mass is 1070 g/mol. The molecular formula is C49H67N15O9S2. The maximum absolute atomic E-state index is 14.6. The number of benzene rings is 2. The van der Waals surface area contributed by atoms with Crippen molar-refractivity contribution in [1.29, 1.82) is 0 Å². The van der Waals surface area contributed by atoms with Crippen LogP contribution in [-0.2, 0) is 62.4 Å². The van der Waals surface area contributed by atoms with Gasteiger partial charge in [-0.05, 0) is 43.4 Å². The number of aromatic amines is 2. The van der Waals surface area contributed by atoms with Gasteiger partial charge in [0, 0.05) is 73.2 Å². The van der Waals surface area contributed by atoms with Gasteiger partial charge in [0.2, 0.25) is 53.2 Å². The number of aromatic nitrogens is 3. The Balaban J connectivity index is 1.56. The number of unbranched alkanes of at least 4 members (excludes halogenated alkanes) is 1. The number of guanidine groups is 1. The summed E-state index contributed by atoms with van der Waals surface area (Å²) in [6, 6.07) is 5.64. The fraction of sp³-hybridized carbons (Fsp3) is 0.449. The number of H-pyrrole nitrogens is 2. The smallest absolute Gasteiger partial charge is 0.244 e. The van der Waals surface area contributed by atoms with Gasteiger partial charge >= 0.3 is 0 Å². The van der Waals surface area contributed by atoms with Crippen molar-refractivity contribution in [3.63, 3.8) is 0 Å². The average molecular weight is 1070 g/mol. The summed E-state index contributed by atoms with van der Waals surface area (Å²) in [6.45, 7) is 4.62. The van der Waals surface area contributed by atoms with Crippen LogP contribution in [0.15, 0.2) is 78.3 Å². The number of para-hydroxylation sites is 1. The lowest BCUT2D eigenvalue weighted by Gasteiger charge is -2.27. The number of rotatable bonds is 17. The molecule has 5 rings (SSSR count). The highest BCUT2D eigenvalue weighted by molar-refractivity contribution is 8.76. The number of aliphatic imine (C=N–C) groups is 1. The molecule has 0 spiro atoms. The first-order valence-electron chi connectivity index (χ1n) is 24.5. The van der Waals surface area contributed by atoms with E-state index in [4.69, 9.17) is 17.2 Å². The molecule has 26 heteroatoms. The molecule has 0 bridgehead atoms. The van der Waals surface area contributed by atoms with Crippen molar-refractivity contribution < 1.29 is 43.2 Å². The van der Waals surface area contributed by atoms with Crippen LogP contribution in [0.25, 0.3) is 10.9 Å². The molecule has 4 aromatic rings. The number of fused-ring (bicyclic) bond motifs is 1. The van der Waals surface area contributed by atoms with Gasteiger partial charge in [0.15, 0.2) is 5.96 Å². The van der Waals surface area contributed by atoms with Crippen LogP contribution >= 0.6 is 21.6 Å². The Morgan fingerprint density at radius 1 is 0.733 bits per heavy atom. The Morgan fingerprint density at radius 2 is 1.36 bits per heavy atom. The van der Waals surface area contributed by atoms with E-state index in [1.165, 1.54) is 26.4 Å². The normalized spacial score (nSPS) is 22.2. The van der Waals surface area contributed by atoms with E-state index in [1.54, 1.807) is 36.5 Å². The lowest BCUT2D eigenvalue weighted by molar-refractivity contribution is -0.135. The lowest BCUT2D eigenvalue weighted by Crippen LogP contribution is -2.61. The van der Waals surface area contributed by atoms with Crippen molar-refractivity contribution in [3.8, 4) is 0 Å². The van der Waals surface area contributed by atoms with Crippen LogP contribution < -0.4 is 59.7 Å². The number of amides is 9. The summed E-state index contributed by atoms with van der Waals surface area (Å²) in [5, 5.41) is 22.3. The average Bonchev–Trinajstić information content (AvgIpc) is 4.05. The molecule has 0 radical (unpaired) electrons. The quantitative estimate of drug-likeness (QED) is 0.0260. The summed E-state index contributed by atoms with van der Waals surface area (Å²) in [5.74, 6) is -7.34. The molecule has 24 nitrogen and oxygen atoms in total. The van der Waals surface area contributed by atoms with Gasteiger partial charge in [0.05, 0.1) is 6.33 Å². The van der Waals surface area contributed by atoms with Crippen LogP contribution in [0.4, 0.5) is 0 Å². The van der Waals surface area contributed by atoms with Crippen LogP contribution in [0.2, 0.25) is 0 Å². The Bertz CT molecular complexity index is 2630. The van der Waals surface area contributed by atoms with Crippen LogP contribution in [0.3, 0.4) is 0 Å². The molecule has 0 aliphatic carbocycles. The zero-order valence-electron chi connectivity index (χ0n) is 41.9. The number of carbonyl (C=O) groups is 9. The predicted octanol–water partition coefficient (Wildman–Crippen LogP) is -1.04. The molecule has 0 saturated carbocycles. The number of nitrogens with one attached hydrogen (secondary N) is 10. The van der Waals surface area contributed by atoms with Gasteiger partial charge < -0.3 is 69.7 Å². The molecule has 2 aromatic heterocycles. The summed E-state index contributed by atoms with van der Waals surface area (Å²) in [7, 11) is 2.09. The topological polar surface area (TPSA) is 385 Å². The number of carbonyl (C=O) groups excluding carboxylic acids is 9. The van der Waals surface area contributed by atoms with Gasteiger partial charge in [-0.2, -0.15) is 0 Å². The minimum Gasteiger partial charge on any atom is -0.370 e. The minimum atomic E-state index is -1.37. The van der Waals surface area contributed by atoms with Crippen LogP contribution in [-0.4, -0.2) is 140 Å². The molecule has 1 fully saturated rings. The highest BCUT2D eigenvalue weighted by Crippen LogP contribution is 2.24. The van der Waals surface area contributed by atoms with Crippen molar-refractivity contribution >= 4 is 91.6 Å². The van der Waals surface area contributed by atoms with Gasteiger partial charge in [0.1, 0.15) is 48.3 Å².